The van der Waals surface area contributed by atoms with E-state index in [4.69, 9.17) is 10.5 Å². The normalized spacial score (nSPS) is 20.9. The molecule has 0 spiro atoms. The van der Waals surface area contributed by atoms with Crippen LogP contribution < -0.4 is 5.73 Å². The first-order chi connectivity index (χ1) is 10.8. The van der Waals surface area contributed by atoms with E-state index in [1.807, 2.05) is 0 Å². The van der Waals surface area contributed by atoms with E-state index in [2.05, 4.69) is 0 Å². The Morgan fingerprint density at radius 2 is 1.96 bits per heavy atom. The smallest absolute Gasteiger partial charge is 0.243 e. The van der Waals surface area contributed by atoms with Crippen LogP contribution in [-0.2, 0) is 24.6 Å². The van der Waals surface area contributed by atoms with E-state index < -0.39 is 25.9 Å². The number of rotatable bonds is 7. The first-order valence-corrected chi connectivity index (χ1v) is 10.6. The van der Waals surface area contributed by atoms with Crippen molar-refractivity contribution in [2.75, 3.05) is 37.5 Å². The Hall–Kier alpha value is -1.16. The van der Waals surface area contributed by atoms with Crippen molar-refractivity contribution in [2.45, 2.75) is 23.8 Å². The lowest BCUT2D eigenvalue weighted by Gasteiger charge is -2.27. The van der Waals surface area contributed by atoms with Crippen molar-refractivity contribution < 1.29 is 21.6 Å². The lowest BCUT2D eigenvalue weighted by molar-refractivity contribution is 0.183. The summed E-state index contributed by atoms with van der Waals surface area (Å²) in [7, 11) is -5.41. The first kappa shape index (κ1) is 18.2. The minimum Gasteiger partial charge on any atom is -0.399 e. The Morgan fingerprint density at radius 3 is 2.48 bits per heavy atom. The van der Waals surface area contributed by atoms with E-state index in [0.29, 0.717) is 25.1 Å². The molecule has 0 aromatic heterocycles. The van der Waals surface area contributed by atoms with Gasteiger partial charge in [-0.15, -0.1) is 0 Å². The molecule has 23 heavy (non-hydrogen) atoms. The van der Waals surface area contributed by atoms with Crippen LogP contribution in [-0.4, -0.2) is 58.9 Å². The Kier molecular flexibility index (Phi) is 5.66. The van der Waals surface area contributed by atoms with E-state index in [1.165, 1.54) is 28.6 Å². The summed E-state index contributed by atoms with van der Waals surface area (Å²) < 4.78 is 55.5. The minimum absolute atomic E-state index is 0.0235. The number of sulfonamides is 1. The number of hydrogen-bond donors (Lipinski definition) is 1. The minimum atomic E-state index is -3.77. The fourth-order valence-corrected chi connectivity index (χ4v) is 6.16. The standard InChI is InChI=1S/C14H22N2O5S2/c1-21-9-2-8-16(13-7-10-22(17,18)11-13)23(19,20)14-5-3-12(15)4-6-14/h3-6,13H,2,7-11,15H2,1H3. The van der Waals surface area contributed by atoms with Crippen molar-refractivity contribution >= 4 is 25.5 Å². The number of methoxy groups -OCH3 is 1. The molecule has 1 aromatic carbocycles. The molecule has 2 rings (SSSR count). The highest BCUT2D eigenvalue weighted by atomic mass is 32.2. The molecule has 130 valence electrons. The third-order valence-corrected chi connectivity index (χ3v) is 7.55. The Bertz CT molecular complexity index is 729. The van der Waals surface area contributed by atoms with Crippen molar-refractivity contribution in [2.24, 2.45) is 0 Å². The van der Waals surface area contributed by atoms with Gasteiger partial charge in [-0.25, -0.2) is 16.8 Å². The van der Waals surface area contributed by atoms with Crippen molar-refractivity contribution in [3.8, 4) is 0 Å². The maximum Gasteiger partial charge on any atom is 0.243 e. The van der Waals surface area contributed by atoms with Crippen LogP contribution >= 0.6 is 0 Å². The quantitative estimate of drug-likeness (QED) is 0.559. The second-order valence-corrected chi connectivity index (χ2v) is 9.71. The number of hydrogen-bond acceptors (Lipinski definition) is 6. The van der Waals surface area contributed by atoms with Gasteiger partial charge in [-0.3, -0.25) is 0 Å². The van der Waals surface area contributed by atoms with Crippen molar-refractivity contribution in [1.29, 1.82) is 0 Å². The number of sulfone groups is 1. The molecule has 1 saturated heterocycles. The van der Waals surface area contributed by atoms with Crippen molar-refractivity contribution in [1.82, 2.24) is 4.31 Å². The van der Waals surface area contributed by atoms with Crippen LogP contribution in [0.4, 0.5) is 5.69 Å². The molecular weight excluding hydrogens is 340 g/mol. The van der Waals surface area contributed by atoms with Gasteiger partial charge in [0, 0.05) is 32.0 Å². The number of benzene rings is 1. The van der Waals surface area contributed by atoms with Gasteiger partial charge in [-0.1, -0.05) is 0 Å². The summed E-state index contributed by atoms with van der Waals surface area (Å²) in [5, 5.41) is 0. The predicted octanol–water partition coefficient (Wildman–Crippen LogP) is 0.483. The Labute approximate surface area is 137 Å². The van der Waals surface area contributed by atoms with Gasteiger partial charge in [-0.05, 0) is 37.1 Å². The zero-order valence-electron chi connectivity index (χ0n) is 13.0. The summed E-state index contributed by atoms with van der Waals surface area (Å²) >= 11 is 0. The van der Waals surface area contributed by atoms with Crippen LogP contribution in [0.2, 0.25) is 0 Å². The van der Waals surface area contributed by atoms with Crippen LogP contribution in [0.3, 0.4) is 0 Å². The Balaban J connectivity index is 2.30. The van der Waals surface area contributed by atoms with Gasteiger partial charge in [0.2, 0.25) is 10.0 Å². The van der Waals surface area contributed by atoms with Gasteiger partial charge in [0.1, 0.15) is 0 Å². The molecule has 9 heteroatoms. The highest BCUT2D eigenvalue weighted by Crippen LogP contribution is 2.25. The molecule has 1 atom stereocenters. The first-order valence-electron chi connectivity index (χ1n) is 7.33. The summed E-state index contributed by atoms with van der Waals surface area (Å²) in [6, 6.07) is 5.39. The molecule has 2 N–H and O–H groups in total. The third kappa shape index (κ3) is 4.43. The van der Waals surface area contributed by atoms with Crippen LogP contribution in [0, 0.1) is 0 Å². The predicted molar refractivity (Wildman–Crippen MR) is 88.3 cm³/mol. The zero-order valence-corrected chi connectivity index (χ0v) is 14.6. The topological polar surface area (TPSA) is 107 Å². The highest BCUT2D eigenvalue weighted by Gasteiger charge is 2.38. The van der Waals surface area contributed by atoms with Gasteiger partial charge in [0.15, 0.2) is 9.84 Å². The average Bonchev–Trinajstić information content (AvgIpc) is 2.83. The lowest BCUT2D eigenvalue weighted by atomic mass is 10.2. The van der Waals surface area contributed by atoms with Gasteiger partial charge in [-0.2, -0.15) is 4.31 Å². The lowest BCUT2D eigenvalue weighted by Crippen LogP contribution is -2.42. The van der Waals surface area contributed by atoms with Crippen molar-refractivity contribution in [3.05, 3.63) is 24.3 Å². The van der Waals surface area contributed by atoms with E-state index in [9.17, 15) is 16.8 Å². The summed E-state index contributed by atoms with van der Waals surface area (Å²) in [5.74, 6) is -0.107. The fourth-order valence-electron chi connectivity index (χ4n) is 2.64. The largest absolute Gasteiger partial charge is 0.399 e. The van der Waals surface area contributed by atoms with E-state index in [0.717, 1.165) is 0 Å². The maximum atomic E-state index is 12.9. The summed E-state index contributed by atoms with van der Waals surface area (Å²) in [5.41, 5.74) is 6.07. The molecular formula is C14H22N2O5S2. The van der Waals surface area contributed by atoms with Crippen LogP contribution in [0.25, 0.3) is 0 Å². The summed E-state index contributed by atoms with van der Waals surface area (Å²) in [4.78, 5) is 0.119. The molecule has 1 unspecified atom stereocenters. The molecule has 0 radical (unpaired) electrons. The van der Waals surface area contributed by atoms with Crippen LogP contribution in [0.1, 0.15) is 12.8 Å². The molecule has 1 aromatic rings. The van der Waals surface area contributed by atoms with E-state index in [-0.39, 0.29) is 22.9 Å². The van der Waals surface area contributed by atoms with Crippen LogP contribution in [0.15, 0.2) is 29.2 Å². The molecule has 0 saturated carbocycles. The number of nitrogen functional groups attached to an aromatic ring is 1. The maximum absolute atomic E-state index is 12.9. The second kappa shape index (κ2) is 7.16. The number of nitrogens with two attached hydrogens (primary N) is 1. The summed E-state index contributed by atoms with van der Waals surface area (Å²) in [6.45, 7) is 0.633. The molecule has 0 bridgehead atoms. The van der Waals surface area contributed by atoms with Crippen molar-refractivity contribution in [3.63, 3.8) is 0 Å². The SMILES string of the molecule is COCCCN(C1CCS(=O)(=O)C1)S(=O)(=O)c1ccc(N)cc1. The number of anilines is 1. The monoisotopic (exact) mass is 362 g/mol. The molecule has 0 amide bonds. The van der Waals surface area contributed by atoms with Gasteiger partial charge < -0.3 is 10.5 Å². The van der Waals surface area contributed by atoms with E-state index in [1.54, 1.807) is 7.11 Å². The van der Waals surface area contributed by atoms with Crippen LogP contribution in [0.5, 0.6) is 0 Å². The van der Waals surface area contributed by atoms with Gasteiger partial charge in [0.05, 0.1) is 16.4 Å². The molecule has 1 aliphatic rings. The third-order valence-electron chi connectivity index (χ3n) is 3.83. The fraction of sp³-hybridized carbons (Fsp3) is 0.571. The molecule has 1 fully saturated rings. The molecule has 1 aliphatic heterocycles. The molecule has 1 heterocycles. The summed E-state index contributed by atoms with van der Waals surface area (Å²) in [6.07, 6.45) is 0.824. The average molecular weight is 362 g/mol. The zero-order chi connectivity index (χ0) is 17.1. The second-order valence-electron chi connectivity index (χ2n) is 5.59. The molecule has 0 aliphatic carbocycles. The number of nitrogens with zero attached hydrogens (tertiary/aromatic N) is 1. The van der Waals surface area contributed by atoms with Gasteiger partial charge >= 0.3 is 0 Å². The molecule has 7 nitrogen and oxygen atoms in total. The van der Waals surface area contributed by atoms with Gasteiger partial charge in [0.25, 0.3) is 0 Å². The van der Waals surface area contributed by atoms with E-state index >= 15 is 0 Å². The highest BCUT2D eigenvalue weighted by molar-refractivity contribution is 7.92. The number of ether oxygens (including phenoxy) is 1. The Morgan fingerprint density at radius 1 is 1.30 bits per heavy atom.